The fraction of sp³-hybridized carbons (Fsp3) is 0.400. The van der Waals surface area contributed by atoms with E-state index in [1.165, 1.54) is 0 Å². The van der Waals surface area contributed by atoms with E-state index in [1.54, 1.807) is 7.11 Å². The van der Waals surface area contributed by atoms with Crippen LogP contribution in [0.1, 0.15) is 5.56 Å². The molecule has 0 unspecified atom stereocenters. The number of benzene rings is 1. The quantitative estimate of drug-likeness (QED) is 0.760. The maximum absolute atomic E-state index is 5.63. The van der Waals surface area contributed by atoms with Crippen LogP contribution in [0.3, 0.4) is 0 Å². The molecule has 0 aliphatic rings. The number of para-hydroxylation sites is 1. The lowest BCUT2D eigenvalue weighted by Gasteiger charge is -2.19. The summed E-state index contributed by atoms with van der Waals surface area (Å²) in [6.07, 6.45) is 0. The molecule has 0 saturated heterocycles. The van der Waals surface area contributed by atoms with E-state index in [2.05, 4.69) is 0 Å². The molecule has 1 aromatic rings. The van der Waals surface area contributed by atoms with Gasteiger partial charge in [0.1, 0.15) is 5.75 Å². The molecule has 2 N–H and O–H groups in total. The van der Waals surface area contributed by atoms with Gasteiger partial charge in [-0.1, -0.05) is 12.1 Å². The molecule has 0 bridgehead atoms. The summed E-state index contributed by atoms with van der Waals surface area (Å²) in [5.74, 6) is 0.868. The SMILES string of the molecule is COc1cccc(CN)c1N(C)C. The number of nitrogens with zero attached hydrogens (tertiary/aromatic N) is 1. The highest BCUT2D eigenvalue weighted by atomic mass is 16.5. The maximum Gasteiger partial charge on any atom is 0.142 e. The van der Waals surface area contributed by atoms with Gasteiger partial charge in [-0.3, -0.25) is 0 Å². The Morgan fingerprint density at radius 1 is 1.38 bits per heavy atom. The average molecular weight is 180 g/mol. The Bertz CT molecular complexity index is 262. The van der Waals surface area contributed by atoms with Crippen LogP contribution < -0.4 is 15.4 Å². The first-order valence-corrected chi connectivity index (χ1v) is 4.24. The largest absolute Gasteiger partial charge is 0.495 e. The fourth-order valence-corrected chi connectivity index (χ4v) is 1.40. The summed E-state index contributed by atoms with van der Waals surface area (Å²) >= 11 is 0. The summed E-state index contributed by atoms with van der Waals surface area (Å²) in [6, 6.07) is 5.90. The molecule has 13 heavy (non-hydrogen) atoms. The van der Waals surface area contributed by atoms with Crippen molar-refractivity contribution in [2.45, 2.75) is 6.54 Å². The third-order valence-corrected chi connectivity index (χ3v) is 1.97. The molecule has 1 rings (SSSR count). The van der Waals surface area contributed by atoms with Crippen LogP contribution in [0.15, 0.2) is 18.2 Å². The minimum absolute atomic E-state index is 0.532. The summed E-state index contributed by atoms with van der Waals surface area (Å²) < 4.78 is 5.25. The zero-order valence-electron chi connectivity index (χ0n) is 8.37. The molecule has 0 fully saturated rings. The second kappa shape index (κ2) is 4.14. The van der Waals surface area contributed by atoms with Crippen molar-refractivity contribution in [3.63, 3.8) is 0 Å². The smallest absolute Gasteiger partial charge is 0.142 e. The highest BCUT2D eigenvalue weighted by Gasteiger charge is 2.08. The number of rotatable bonds is 3. The first kappa shape index (κ1) is 9.86. The predicted octanol–water partition coefficient (Wildman–Crippen LogP) is 1.22. The lowest BCUT2D eigenvalue weighted by atomic mass is 10.1. The highest BCUT2D eigenvalue weighted by Crippen LogP contribution is 2.30. The summed E-state index contributed by atoms with van der Waals surface area (Å²) in [4.78, 5) is 2.01. The van der Waals surface area contributed by atoms with Crippen LogP contribution in [0.2, 0.25) is 0 Å². The molecule has 1 aromatic carbocycles. The Hall–Kier alpha value is -1.22. The van der Waals surface area contributed by atoms with E-state index in [9.17, 15) is 0 Å². The Morgan fingerprint density at radius 3 is 2.54 bits per heavy atom. The van der Waals surface area contributed by atoms with E-state index in [-0.39, 0.29) is 0 Å². The van der Waals surface area contributed by atoms with E-state index >= 15 is 0 Å². The monoisotopic (exact) mass is 180 g/mol. The van der Waals surface area contributed by atoms with E-state index in [4.69, 9.17) is 10.5 Å². The summed E-state index contributed by atoms with van der Waals surface area (Å²) in [6.45, 7) is 0.532. The molecule has 0 amide bonds. The third-order valence-electron chi connectivity index (χ3n) is 1.97. The van der Waals surface area contributed by atoms with E-state index in [1.807, 2.05) is 37.2 Å². The summed E-state index contributed by atoms with van der Waals surface area (Å²) in [5, 5.41) is 0. The standard InChI is InChI=1S/C10H16N2O/c1-12(2)10-8(7-11)5-4-6-9(10)13-3/h4-6H,7,11H2,1-3H3. The number of hydrogen-bond acceptors (Lipinski definition) is 3. The third kappa shape index (κ3) is 1.92. The van der Waals surface area contributed by atoms with Crippen molar-refractivity contribution in [3.8, 4) is 5.75 Å². The summed E-state index contributed by atoms with van der Waals surface area (Å²) in [7, 11) is 5.64. The topological polar surface area (TPSA) is 38.5 Å². The second-order valence-corrected chi connectivity index (χ2v) is 3.07. The normalized spacial score (nSPS) is 9.85. The van der Waals surface area contributed by atoms with Gasteiger partial charge in [0, 0.05) is 20.6 Å². The molecule has 0 atom stereocenters. The van der Waals surface area contributed by atoms with E-state index in [0.29, 0.717) is 6.54 Å². The fourth-order valence-electron chi connectivity index (χ4n) is 1.40. The van der Waals surface area contributed by atoms with Crippen LogP contribution in [0.25, 0.3) is 0 Å². The van der Waals surface area contributed by atoms with Gasteiger partial charge in [-0.15, -0.1) is 0 Å². The molecule has 72 valence electrons. The van der Waals surface area contributed by atoms with Gasteiger partial charge in [-0.05, 0) is 11.6 Å². The number of ether oxygens (including phenoxy) is 1. The van der Waals surface area contributed by atoms with Gasteiger partial charge >= 0.3 is 0 Å². The van der Waals surface area contributed by atoms with Crippen LogP contribution in [0.5, 0.6) is 5.75 Å². The lowest BCUT2D eigenvalue weighted by Crippen LogP contribution is -2.14. The minimum atomic E-state index is 0.532. The van der Waals surface area contributed by atoms with Crippen LogP contribution >= 0.6 is 0 Å². The lowest BCUT2D eigenvalue weighted by molar-refractivity contribution is 0.415. The van der Waals surface area contributed by atoms with Crippen LogP contribution in [0, 0.1) is 0 Å². The molecule has 0 aromatic heterocycles. The van der Waals surface area contributed by atoms with Crippen molar-refractivity contribution < 1.29 is 4.74 Å². The molecular weight excluding hydrogens is 164 g/mol. The van der Waals surface area contributed by atoms with Crippen molar-refractivity contribution in [2.24, 2.45) is 5.73 Å². The Labute approximate surface area is 79.1 Å². The predicted molar refractivity (Wildman–Crippen MR) is 55.2 cm³/mol. The number of nitrogens with two attached hydrogens (primary N) is 1. The maximum atomic E-state index is 5.63. The first-order valence-electron chi connectivity index (χ1n) is 4.24. The van der Waals surface area contributed by atoms with Gasteiger partial charge in [-0.25, -0.2) is 0 Å². The van der Waals surface area contributed by atoms with Gasteiger partial charge in [0.2, 0.25) is 0 Å². The summed E-state index contributed by atoms with van der Waals surface area (Å²) in [5.41, 5.74) is 7.79. The average Bonchev–Trinajstić information content (AvgIpc) is 2.16. The molecule has 0 saturated carbocycles. The molecule has 3 heteroatoms. The van der Waals surface area contributed by atoms with Gasteiger partial charge in [0.25, 0.3) is 0 Å². The van der Waals surface area contributed by atoms with Crippen molar-refractivity contribution in [3.05, 3.63) is 23.8 Å². The molecule has 0 radical (unpaired) electrons. The van der Waals surface area contributed by atoms with Crippen molar-refractivity contribution in [1.29, 1.82) is 0 Å². The zero-order valence-corrected chi connectivity index (χ0v) is 8.37. The molecule has 0 aliphatic heterocycles. The Kier molecular flexibility index (Phi) is 3.14. The van der Waals surface area contributed by atoms with Crippen LogP contribution in [0.4, 0.5) is 5.69 Å². The highest BCUT2D eigenvalue weighted by molar-refractivity contribution is 5.63. The molecule has 0 heterocycles. The molecular formula is C10H16N2O. The molecule has 0 spiro atoms. The Morgan fingerprint density at radius 2 is 2.08 bits per heavy atom. The van der Waals surface area contributed by atoms with Crippen molar-refractivity contribution in [1.82, 2.24) is 0 Å². The van der Waals surface area contributed by atoms with E-state index < -0.39 is 0 Å². The molecule has 0 aliphatic carbocycles. The zero-order chi connectivity index (χ0) is 9.84. The van der Waals surface area contributed by atoms with Crippen molar-refractivity contribution in [2.75, 3.05) is 26.1 Å². The second-order valence-electron chi connectivity index (χ2n) is 3.07. The minimum Gasteiger partial charge on any atom is -0.495 e. The van der Waals surface area contributed by atoms with E-state index in [0.717, 1.165) is 17.0 Å². The van der Waals surface area contributed by atoms with Crippen molar-refractivity contribution >= 4 is 5.69 Å². The van der Waals surface area contributed by atoms with Crippen LogP contribution in [-0.4, -0.2) is 21.2 Å². The van der Waals surface area contributed by atoms with Gasteiger partial charge in [0.15, 0.2) is 0 Å². The Balaban J connectivity index is 3.21. The van der Waals surface area contributed by atoms with Gasteiger partial charge in [-0.2, -0.15) is 0 Å². The molecule has 3 nitrogen and oxygen atoms in total. The number of methoxy groups -OCH3 is 1. The first-order chi connectivity index (χ1) is 6.20. The van der Waals surface area contributed by atoms with Gasteiger partial charge in [0.05, 0.1) is 12.8 Å². The number of hydrogen-bond donors (Lipinski definition) is 1. The van der Waals surface area contributed by atoms with Crippen LogP contribution in [-0.2, 0) is 6.54 Å². The van der Waals surface area contributed by atoms with Gasteiger partial charge < -0.3 is 15.4 Å². The number of anilines is 1.